The zero-order valence-corrected chi connectivity index (χ0v) is 17.1. The minimum absolute atomic E-state index is 0.0763. The van der Waals surface area contributed by atoms with E-state index in [-0.39, 0.29) is 11.8 Å². The molecule has 0 unspecified atom stereocenters. The largest absolute Gasteiger partial charge is 0.338 e. The van der Waals surface area contributed by atoms with Gasteiger partial charge in [0.1, 0.15) is 5.69 Å². The highest BCUT2D eigenvalue weighted by molar-refractivity contribution is 7.98. The van der Waals surface area contributed by atoms with Gasteiger partial charge < -0.3 is 14.8 Å². The molecule has 0 saturated carbocycles. The smallest absolute Gasteiger partial charge is 0.274 e. The summed E-state index contributed by atoms with van der Waals surface area (Å²) in [7, 11) is 1.88. The van der Waals surface area contributed by atoms with Crippen molar-refractivity contribution in [3.05, 3.63) is 53.7 Å². The van der Waals surface area contributed by atoms with Gasteiger partial charge in [-0.15, -0.1) is 11.8 Å². The van der Waals surface area contributed by atoms with Crippen molar-refractivity contribution >= 4 is 45.9 Å². The van der Waals surface area contributed by atoms with Crippen LogP contribution in [-0.4, -0.2) is 29.2 Å². The second-order valence-electron chi connectivity index (χ2n) is 7.11. The van der Waals surface area contributed by atoms with Gasteiger partial charge in [0.05, 0.1) is 11.2 Å². The van der Waals surface area contributed by atoms with Gasteiger partial charge in [0.2, 0.25) is 5.91 Å². The molecule has 1 aliphatic rings. The fourth-order valence-electron chi connectivity index (χ4n) is 3.85. The Morgan fingerprint density at radius 2 is 2.00 bits per heavy atom. The van der Waals surface area contributed by atoms with E-state index in [1.807, 2.05) is 61.2 Å². The number of carbonyl (C=O) groups is 2. The van der Waals surface area contributed by atoms with Crippen LogP contribution >= 0.6 is 11.8 Å². The number of nitrogens with zero attached hydrogens (tertiary/aromatic N) is 2. The summed E-state index contributed by atoms with van der Waals surface area (Å²) < 4.78 is 1.89. The van der Waals surface area contributed by atoms with Crippen molar-refractivity contribution in [2.24, 2.45) is 7.05 Å². The van der Waals surface area contributed by atoms with Crippen LogP contribution in [0.2, 0.25) is 0 Å². The summed E-state index contributed by atoms with van der Waals surface area (Å²) in [4.78, 5) is 28.7. The number of aryl methyl sites for hydroxylation is 2. The van der Waals surface area contributed by atoms with E-state index in [0.717, 1.165) is 39.2 Å². The number of hydrogen-bond acceptors (Lipinski definition) is 3. The van der Waals surface area contributed by atoms with Crippen molar-refractivity contribution in [1.29, 1.82) is 0 Å². The molecule has 0 aliphatic carbocycles. The molecule has 1 N–H and O–H groups in total. The highest BCUT2D eigenvalue weighted by Crippen LogP contribution is 2.37. The number of carbonyl (C=O) groups excluding carboxylic acids is 2. The summed E-state index contributed by atoms with van der Waals surface area (Å²) in [6.07, 6.45) is 3.35. The molecule has 0 spiro atoms. The maximum atomic E-state index is 13.3. The van der Waals surface area contributed by atoms with Crippen LogP contribution in [0.1, 0.15) is 28.9 Å². The monoisotopic (exact) mass is 393 g/mol. The van der Waals surface area contributed by atoms with Crippen molar-refractivity contribution in [3.63, 3.8) is 0 Å². The van der Waals surface area contributed by atoms with Gasteiger partial charge in [0.15, 0.2) is 0 Å². The van der Waals surface area contributed by atoms with Crippen molar-refractivity contribution in [2.45, 2.75) is 24.7 Å². The molecule has 0 bridgehead atoms. The van der Waals surface area contributed by atoms with Gasteiger partial charge in [-0.2, -0.15) is 0 Å². The first-order valence-corrected chi connectivity index (χ1v) is 10.6. The number of amides is 2. The molecule has 5 nitrogen and oxygen atoms in total. The average molecular weight is 394 g/mol. The third-order valence-corrected chi connectivity index (χ3v) is 5.94. The van der Waals surface area contributed by atoms with Crippen LogP contribution in [-0.2, 0) is 11.8 Å². The number of nitrogens with one attached hydrogen (secondary N) is 1. The van der Waals surface area contributed by atoms with Crippen LogP contribution in [0.5, 0.6) is 0 Å². The topological polar surface area (TPSA) is 54.3 Å². The lowest BCUT2D eigenvalue weighted by molar-refractivity contribution is -0.117. The Bertz CT molecular complexity index is 1090. The molecule has 3 aromatic rings. The van der Waals surface area contributed by atoms with E-state index in [1.165, 1.54) is 0 Å². The number of anilines is 2. The molecule has 1 aliphatic heterocycles. The summed E-state index contributed by atoms with van der Waals surface area (Å²) in [5.41, 5.74) is 4.04. The summed E-state index contributed by atoms with van der Waals surface area (Å²) in [6, 6.07) is 13.9. The van der Waals surface area contributed by atoms with Gasteiger partial charge in [-0.3, -0.25) is 9.59 Å². The lowest BCUT2D eigenvalue weighted by atomic mass is 10.1. The number of benzene rings is 2. The Morgan fingerprint density at radius 1 is 1.18 bits per heavy atom. The predicted molar refractivity (Wildman–Crippen MR) is 115 cm³/mol. The second kappa shape index (κ2) is 7.36. The fraction of sp³-hybridized carbons (Fsp3) is 0.273. The minimum Gasteiger partial charge on any atom is -0.338 e. The number of thioether (sulfide) groups is 1. The van der Waals surface area contributed by atoms with Crippen molar-refractivity contribution in [2.75, 3.05) is 23.0 Å². The van der Waals surface area contributed by atoms with Crippen LogP contribution in [0.15, 0.2) is 47.4 Å². The highest BCUT2D eigenvalue weighted by Gasteiger charge is 2.31. The Labute approximate surface area is 168 Å². The normalized spacial score (nSPS) is 14.1. The Kier molecular flexibility index (Phi) is 4.89. The second-order valence-corrected chi connectivity index (χ2v) is 7.99. The van der Waals surface area contributed by atoms with Crippen LogP contribution in [0, 0.1) is 6.92 Å². The van der Waals surface area contributed by atoms with Crippen LogP contribution < -0.4 is 10.2 Å². The van der Waals surface area contributed by atoms with Gasteiger partial charge in [-0.05, 0) is 49.9 Å². The summed E-state index contributed by atoms with van der Waals surface area (Å²) in [6.45, 7) is 2.67. The van der Waals surface area contributed by atoms with Gasteiger partial charge in [-0.25, -0.2) is 0 Å². The molecule has 0 radical (unpaired) electrons. The molecule has 2 amide bonds. The first-order chi connectivity index (χ1) is 13.5. The average Bonchev–Trinajstić information content (AvgIpc) is 3.22. The molecule has 2 aromatic carbocycles. The molecular weight excluding hydrogens is 370 g/mol. The molecule has 4 rings (SSSR count). The zero-order valence-electron chi connectivity index (χ0n) is 16.3. The molecule has 1 saturated heterocycles. The van der Waals surface area contributed by atoms with Crippen molar-refractivity contribution in [3.8, 4) is 0 Å². The van der Waals surface area contributed by atoms with Gasteiger partial charge in [0.25, 0.3) is 5.91 Å². The molecule has 144 valence electrons. The number of fused-ring (bicyclic) bond motifs is 1. The lowest BCUT2D eigenvalue weighted by Gasteiger charge is -2.18. The van der Waals surface area contributed by atoms with Crippen LogP contribution in [0.4, 0.5) is 11.4 Å². The highest BCUT2D eigenvalue weighted by atomic mass is 32.2. The summed E-state index contributed by atoms with van der Waals surface area (Å²) in [5, 5.41) is 3.96. The van der Waals surface area contributed by atoms with Crippen molar-refractivity contribution in [1.82, 2.24) is 4.57 Å². The first kappa shape index (κ1) is 18.6. The summed E-state index contributed by atoms with van der Waals surface area (Å²) >= 11 is 1.63. The molecule has 1 aromatic heterocycles. The SMILES string of the molecule is CSc1cccc(NC(=O)c2c(N3CCCC3=O)c3cc(C)ccc3n2C)c1. The van der Waals surface area contributed by atoms with Crippen LogP contribution in [0.25, 0.3) is 10.9 Å². The standard InChI is InChI=1S/C22H23N3O2S/c1-14-9-10-18-17(12-14)20(25-11-5-8-19(25)26)21(24(18)2)22(27)23-15-6-4-7-16(13-15)28-3/h4,6-7,9-10,12-13H,5,8,11H2,1-3H3,(H,23,27). The first-order valence-electron chi connectivity index (χ1n) is 9.34. The predicted octanol–water partition coefficient (Wildman–Crippen LogP) is 4.59. The van der Waals surface area contributed by atoms with Gasteiger partial charge >= 0.3 is 0 Å². The zero-order chi connectivity index (χ0) is 19.8. The van der Waals surface area contributed by atoms with E-state index in [9.17, 15) is 9.59 Å². The Balaban J connectivity index is 1.84. The number of aromatic nitrogens is 1. The van der Waals surface area contributed by atoms with E-state index < -0.39 is 0 Å². The molecule has 2 heterocycles. The van der Waals surface area contributed by atoms with E-state index >= 15 is 0 Å². The summed E-state index contributed by atoms with van der Waals surface area (Å²) in [5.74, 6) is -0.128. The quantitative estimate of drug-likeness (QED) is 0.660. The fourth-order valence-corrected chi connectivity index (χ4v) is 4.31. The third kappa shape index (κ3) is 3.18. The minimum atomic E-state index is -0.204. The molecule has 1 fully saturated rings. The maximum Gasteiger partial charge on any atom is 0.274 e. The van der Waals surface area contributed by atoms with Gasteiger partial charge in [0, 0.05) is 36.0 Å². The number of hydrogen-bond donors (Lipinski definition) is 1. The molecule has 28 heavy (non-hydrogen) atoms. The van der Waals surface area contributed by atoms with Crippen molar-refractivity contribution < 1.29 is 9.59 Å². The Hall–Kier alpha value is -2.73. The molecular formula is C22H23N3O2S. The van der Waals surface area contributed by atoms with Crippen LogP contribution in [0.3, 0.4) is 0 Å². The Morgan fingerprint density at radius 3 is 2.71 bits per heavy atom. The number of rotatable bonds is 4. The molecule has 6 heteroatoms. The van der Waals surface area contributed by atoms with E-state index in [0.29, 0.717) is 18.7 Å². The third-order valence-electron chi connectivity index (χ3n) is 5.21. The van der Waals surface area contributed by atoms with E-state index in [2.05, 4.69) is 11.4 Å². The maximum absolute atomic E-state index is 13.3. The molecule has 0 atom stereocenters. The lowest BCUT2D eigenvalue weighted by Crippen LogP contribution is -2.27. The van der Waals surface area contributed by atoms with E-state index in [1.54, 1.807) is 16.7 Å². The van der Waals surface area contributed by atoms with E-state index in [4.69, 9.17) is 0 Å². The van der Waals surface area contributed by atoms with Gasteiger partial charge in [-0.1, -0.05) is 17.7 Å².